The minimum Gasteiger partial charge on any atom is -0.383 e. The van der Waals surface area contributed by atoms with Gasteiger partial charge in [0.1, 0.15) is 23.9 Å². The molecule has 3 amide bonds. The van der Waals surface area contributed by atoms with Crippen molar-refractivity contribution < 1.29 is 24.3 Å². The molecule has 15 nitrogen and oxygen atoms in total. The molecule has 3 N–H and O–H groups in total. The van der Waals surface area contributed by atoms with Crippen LogP contribution in [0.5, 0.6) is 0 Å². The fourth-order valence-corrected chi connectivity index (χ4v) is 8.91. The van der Waals surface area contributed by atoms with Crippen LogP contribution in [0.4, 0.5) is 0 Å². The zero-order chi connectivity index (χ0) is 37.0. The molecule has 0 radical (unpaired) electrons. The van der Waals surface area contributed by atoms with Crippen molar-refractivity contribution in [3.63, 3.8) is 0 Å². The van der Waals surface area contributed by atoms with Gasteiger partial charge in [-0.2, -0.15) is 5.10 Å². The molecule has 6 rings (SSSR count). The van der Waals surface area contributed by atoms with Gasteiger partial charge in [0, 0.05) is 42.2 Å². The van der Waals surface area contributed by atoms with Crippen molar-refractivity contribution in [2.24, 2.45) is 39.3 Å². The van der Waals surface area contributed by atoms with Gasteiger partial charge < -0.3 is 20.6 Å². The zero-order valence-electron chi connectivity index (χ0n) is 30.7. The van der Waals surface area contributed by atoms with Gasteiger partial charge in [-0.3, -0.25) is 24.2 Å². The minimum absolute atomic E-state index is 0.00466. The Hall–Kier alpha value is -4.10. The van der Waals surface area contributed by atoms with Crippen LogP contribution in [0.3, 0.4) is 0 Å². The highest BCUT2D eigenvalue weighted by molar-refractivity contribution is 6.04. The van der Waals surface area contributed by atoms with Crippen molar-refractivity contribution in [1.82, 2.24) is 30.5 Å². The van der Waals surface area contributed by atoms with Gasteiger partial charge in [-0.05, 0) is 74.1 Å². The number of hydrogen-bond acceptors (Lipinski definition) is 10. The lowest BCUT2D eigenvalue weighted by atomic mass is 9.81. The second kappa shape index (κ2) is 16.3. The first-order valence-corrected chi connectivity index (χ1v) is 19.3. The second-order valence-electron chi connectivity index (χ2n) is 16.3. The number of fused-ring (bicyclic) bond motifs is 1. The van der Waals surface area contributed by atoms with Crippen LogP contribution in [0.25, 0.3) is 10.4 Å². The summed E-state index contributed by atoms with van der Waals surface area (Å²) in [6, 6.07) is -2.91. The normalized spacial score (nSPS) is 25.2. The van der Waals surface area contributed by atoms with E-state index in [0.717, 1.165) is 64.2 Å². The zero-order valence-corrected chi connectivity index (χ0v) is 30.7. The van der Waals surface area contributed by atoms with E-state index in [0.29, 0.717) is 37.6 Å². The van der Waals surface area contributed by atoms with Crippen molar-refractivity contribution in [2.45, 2.75) is 135 Å². The van der Waals surface area contributed by atoms with Gasteiger partial charge >= 0.3 is 0 Å². The summed E-state index contributed by atoms with van der Waals surface area (Å²) < 4.78 is 0. The van der Waals surface area contributed by atoms with Crippen LogP contribution >= 0.6 is 0 Å². The van der Waals surface area contributed by atoms with E-state index in [9.17, 15) is 25.0 Å². The molecule has 3 heterocycles. The molecule has 5 aliphatic rings. The Kier molecular flexibility index (Phi) is 11.8. The van der Waals surface area contributed by atoms with E-state index in [1.807, 2.05) is 20.8 Å². The summed E-state index contributed by atoms with van der Waals surface area (Å²) in [6.07, 6.45) is 14.1. The molecule has 0 aromatic carbocycles. The average molecular weight is 719 g/mol. The molecule has 0 bridgehead atoms. The summed E-state index contributed by atoms with van der Waals surface area (Å²) in [7, 11) is 0. The molecule has 0 spiro atoms. The number of aromatic nitrogens is 2. The van der Waals surface area contributed by atoms with Crippen LogP contribution in [-0.4, -0.2) is 97.7 Å². The third-order valence-corrected chi connectivity index (χ3v) is 11.9. The maximum Gasteiger partial charge on any atom is 0.272 e. The Bertz CT molecular complexity index is 1550. The molecule has 1 aromatic heterocycles. The van der Waals surface area contributed by atoms with E-state index in [1.165, 1.54) is 18.6 Å². The minimum atomic E-state index is -1.30. The molecule has 4 unspecified atom stereocenters. The molecule has 2 aliphatic heterocycles. The van der Waals surface area contributed by atoms with E-state index in [1.54, 1.807) is 9.91 Å². The van der Waals surface area contributed by atoms with Gasteiger partial charge in [0.2, 0.25) is 11.8 Å². The molecule has 7 atom stereocenters. The number of nitrogens with zero attached hydrogens (tertiary/aromatic N) is 8. The van der Waals surface area contributed by atoms with Crippen LogP contribution in [0.15, 0.2) is 28.8 Å². The van der Waals surface area contributed by atoms with E-state index in [2.05, 4.69) is 30.6 Å². The number of amidine groups is 1. The maximum atomic E-state index is 15.0. The monoisotopic (exact) mass is 718 g/mol. The highest BCUT2D eigenvalue weighted by Gasteiger charge is 2.56. The highest BCUT2D eigenvalue weighted by Crippen LogP contribution is 2.45. The lowest BCUT2D eigenvalue weighted by molar-refractivity contribution is -0.145. The number of aliphatic hydroxyl groups excluding tert-OH is 1. The van der Waals surface area contributed by atoms with E-state index >= 15 is 4.79 Å². The van der Waals surface area contributed by atoms with E-state index in [4.69, 9.17) is 5.10 Å². The topological polar surface area (TPSA) is 206 Å². The number of amides is 3. The van der Waals surface area contributed by atoms with Crippen LogP contribution < -0.4 is 10.6 Å². The number of Topliss-reactive ketones (excluding diaryl/α,β-unsaturated/α-hetero) is 1. The van der Waals surface area contributed by atoms with Crippen molar-refractivity contribution in [3.8, 4) is 0 Å². The van der Waals surface area contributed by atoms with Crippen LogP contribution in [0.1, 0.15) is 115 Å². The predicted octanol–water partition coefficient (Wildman–Crippen LogP) is 4.13. The van der Waals surface area contributed by atoms with Crippen LogP contribution in [0, 0.1) is 29.1 Å². The molecule has 3 aliphatic carbocycles. The lowest BCUT2D eigenvalue weighted by Gasteiger charge is -2.38. The van der Waals surface area contributed by atoms with Crippen molar-refractivity contribution >= 4 is 29.3 Å². The molecule has 1 saturated heterocycles. The SMILES string of the molecule is CCCC(NC(=O)[C@@H]1C2CCCC2CN1C(=O)[C@@H](N1N=C1[C@@H](NC(=O)c1cnccn1)C1CCCCC1)C(C)(C)CN=[N+]=[N-])C(O)C(=O)CC1CC1. The van der Waals surface area contributed by atoms with E-state index in [-0.39, 0.29) is 53.5 Å². The summed E-state index contributed by atoms with van der Waals surface area (Å²) in [5, 5.41) is 27.6. The molecule has 282 valence electrons. The first-order valence-electron chi connectivity index (χ1n) is 19.3. The smallest absolute Gasteiger partial charge is 0.272 e. The number of likely N-dealkylation sites (tertiary alicyclic amines) is 1. The first-order chi connectivity index (χ1) is 25.0. The summed E-state index contributed by atoms with van der Waals surface area (Å²) in [4.78, 5) is 68.6. The van der Waals surface area contributed by atoms with Crippen molar-refractivity contribution in [2.75, 3.05) is 13.1 Å². The number of carbonyl (C=O) groups is 4. The number of nitrogens with one attached hydrogen (secondary N) is 2. The van der Waals surface area contributed by atoms with E-state index < -0.39 is 35.7 Å². The Morgan fingerprint density at radius 3 is 2.50 bits per heavy atom. The standard InChI is InChI=1S/C37H54N10O5/c1-4-9-26(31(49)28(48)18-22-14-15-22)42-35(51)30-25-13-8-12-24(25)20-46(30)36(52)32(37(2,3)21-41-45-38)47-33(44-47)29(23-10-6-5-7-11-23)43-34(50)27-19-39-16-17-40-27/h16-17,19,22-26,29-32,49H,4-15,18,20-21H2,1-3H3,(H,42,51)(H,43,50)/t24?,25?,26?,29-,30-,31?,32+,47?/m0/s1. The maximum absolute atomic E-state index is 15.0. The van der Waals surface area contributed by atoms with Crippen molar-refractivity contribution in [3.05, 3.63) is 34.7 Å². The number of hydrazone groups is 1. The fourth-order valence-electron chi connectivity index (χ4n) is 8.91. The summed E-state index contributed by atoms with van der Waals surface area (Å²) in [5.41, 5.74) is 8.56. The molecule has 15 heteroatoms. The van der Waals surface area contributed by atoms with Crippen molar-refractivity contribution in [1.29, 1.82) is 0 Å². The molecule has 4 fully saturated rings. The third kappa shape index (κ3) is 8.41. The van der Waals surface area contributed by atoms with Gasteiger partial charge in [0.05, 0.1) is 18.3 Å². The number of carbonyl (C=O) groups excluding carboxylic acids is 4. The highest BCUT2D eigenvalue weighted by atomic mass is 16.3. The third-order valence-electron chi connectivity index (χ3n) is 11.9. The molecule has 52 heavy (non-hydrogen) atoms. The van der Waals surface area contributed by atoms with Crippen LogP contribution in [-0.2, 0) is 14.4 Å². The molecule has 1 aromatic rings. The fraction of sp³-hybridized carbons (Fsp3) is 0.757. The van der Waals surface area contributed by atoms with Gasteiger partial charge in [-0.15, -0.1) is 0 Å². The summed E-state index contributed by atoms with van der Waals surface area (Å²) in [5.74, 6) is -0.191. The van der Waals surface area contributed by atoms with Gasteiger partial charge in [-0.25, -0.2) is 9.99 Å². The predicted molar refractivity (Wildman–Crippen MR) is 192 cm³/mol. The summed E-state index contributed by atoms with van der Waals surface area (Å²) in [6.45, 7) is 6.06. The quantitative estimate of drug-likeness (QED) is 0.121. The Morgan fingerprint density at radius 2 is 1.83 bits per heavy atom. The Morgan fingerprint density at radius 1 is 1.06 bits per heavy atom. The second-order valence-corrected chi connectivity index (χ2v) is 16.3. The number of ketones is 1. The number of azide groups is 1. The van der Waals surface area contributed by atoms with Gasteiger partial charge in [0.15, 0.2) is 11.6 Å². The van der Waals surface area contributed by atoms with Crippen LogP contribution in [0.2, 0.25) is 0 Å². The van der Waals surface area contributed by atoms with Gasteiger partial charge in [-0.1, -0.05) is 58.0 Å². The number of rotatable bonds is 17. The lowest BCUT2D eigenvalue weighted by Crippen LogP contribution is -2.59. The van der Waals surface area contributed by atoms with Gasteiger partial charge in [0.25, 0.3) is 5.91 Å². The first kappa shape index (κ1) is 37.7. The number of aliphatic hydroxyl groups is 1. The average Bonchev–Trinajstić information content (AvgIpc) is 4.04. The summed E-state index contributed by atoms with van der Waals surface area (Å²) >= 11 is 0. The molecular weight excluding hydrogens is 664 g/mol. The number of hydrogen-bond donors (Lipinski definition) is 3. The largest absolute Gasteiger partial charge is 0.383 e. The molecule has 3 saturated carbocycles. The molecular formula is C37H54N10O5. The Balaban J connectivity index is 1.26. The Labute approximate surface area is 305 Å².